The van der Waals surface area contributed by atoms with Crippen molar-refractivity contribution in [3.8, 4) is 17.6 Å². The van der Waals surface area contributed by atoms with Crippen molar-refractivity contribution in [1.29, 1.82) is 5.26 Å². The summed E-state index contributed by atoms with van der Waals surface area (Å²) in [4.78, 5) is 10.7. The van der Waals surface area contributed by atoms with Gasteiger partial charge in [-0.3, -0.25) is 4.90 Å². The van der Waals surface area contributed by atoms with E-state index in [4.69, 9.17) is 14.7 Å². The smallest absolute Gasteiger partial charge is 0.158 e. The molecule has 0 spiro atoms. The van der Waals surface area contributed by atoms with E-state index >= 15 is 0 Å². The summed E-state index contributed by atoms with van der Waals surface area (Å²) in [7, 11) is 1.68. The highest BCUT2D eigenvalue weighted by molar-refractivity contribution is 5.43. The zero-order valence-corrected chi connectivity index (χ0v) is 18.1. The van der Waals surface area contributed by atoms with Crippen molar-refractivity contribution >= 4 is 5.82 Å². The summed E-state index contributed by atoms with van der Waals surface area (Å²) in [6.45, 7) is 6.48. The number of likely N-dealkylation sites (tertiary alicyclic amines) is 1. The Labute approximate surface area is 182 Å². The number of methoxy groups -OCH3 is 1. The van der Waals surface area contributed by atoms with E-state index in [1.807, 2.05) is 18.2 Å². The van der Waals surface area contributed by atoms with Crippen molar-refractivity contribution in [2.75, 3.05) is 25.5 Å². The maximum atomic E-state index is 8.84. The Morgan fingerprint density at radius 1 is 1.26 bits per heavy atom. The molecule has 3 N–H and O–H groups in total. The molecule has 3 heterocycles. The zero-order valence-electron chi connectivity index (χ0n) is 18.1. The molecule has 0 saturated carbocycles. The molecule has 3 atom stereocenters. The monoisotopic (exact) mass is 423 g/mol. The molecule has 1 aromatic heterocycles. The van der Waals surface area contributed by atoms with Crippen molar-refractivity contribution in [3.63, 3.8) is 0 Å². The molecule has 2 unspecified atom stereocenters. The lowest BCUT2D eigenvalue weighted by Crippen LogP contribution is -2.36. The number of hydrazine groups is 1. The number of benzene rings is 1. The normalized spacial score (nSPS) is 23.6. The Kier molecular flexibility index (Phi) is 6.51. The lowest BCUT2D eigenvalue weighted by atomic mass is 10.0. The molecule has 0 radical (unpaired) electrons. The van der Waals surface area contributed by atoms with Crippen LogP contribution in [0.1, 0.15) is 44.0 Å². The largest absolute Gasteiger partial charge is 0.496 e. The summed E-state index contributed by atoms with van der Waals surface area (Å²) in [5.74, 6) is 2.25. The average molecular weight is 424 g/mol. The van der Waals surface area contributed by atoms with Gasteiger partial charge in [-0.25, -0.2) is 20.8 Å². The van der Waals surface area contributed by atoms with Crippen LogP contribution < -0.4 is 25.6 Å². The molecule has 9 nitrogen and oxygen atoms in total. The Bertz CT molecular complexity index is 928. The van der Waals surface area contributed by atoms with Gasteiger partial charge < -0.3 is 14.8 Å². The van der Waals surface area contributed by atoms with Crippen LogP contribution >= 0.6 is 0 Å². The third kappa shape index (κ3) is 5.05. The fourth-order valence-electron chi connectivity index (χ4n) is 4.06. The van der Waals surface area contributed by atoms with Gasteiger partial charge in [0.2, 0.25) is 0 Å². The zero-order chi connectivity index (χ0) is 21.8. The molecule has 4 rings (SSSR count). The molecule has 2 aliphatic rings. The molecule has 2 aromatic rings. The minimum absolute atomic E-state index is 0.0339. The number of nitrogens with zero attached hydrogens (tertiary/aromatic N) is 4. The molecule has 164 valence electrons. The van der Waals surface area contributed by atoms with Gasteiger partial charge in [-0.15, -0.1) is 0 Å². The van der Waals surface area contributed by atoms with Crippen LogP contribution in [0.5, 0.6) is 11.5 Å². The minimum Gasteiger partial charge on any atom is -0.496 e. The van der Waals surface area contributed by atoms with Crippen molar-refractivity contribution in [3.05, 3.63) is 41.9 Å². The molecule has 9 heteroatoms. The van der Waals surface area contributed by atoms with Crippen LogP contribution in [0.4, 0.5) is 5.82 Å². The SMILES string of the molecule is COc1cc(O[C@H]2CCN(C(C)C)C2)ccc1C1CC(Nc2cnc(C#N)cn2)NN1. The number of anilines is 1. The highest BCUT2D eigenvalue weighted by Gasteiger charge is 2.29. The lowest BCUT2D eigenvalue weighted by molar-refractivity contribution is 0.186. The predicted octanol–water partition coefficient (Wildman–Crippen LogP) is 2.20. The van der Waals surface area contributed by atoms with E-state index in [1.54, 1.807) is 13.3 Å². The summed E-state index contributed by atoms with van der Waals surface area (Å²) in [5.41, 5.74) is 7.90. The Hall–Kier alpha value is -2.93. The molecule has 0 aliphatic carbocycles. The van der Waals surface area contributed by atoms with E-state index in [2.05, 4.69) is 51.0 Å². The summed E-state index contributed by atoms with van der Waals surface area (Å²) in [6, 6.07) is 8.63. The first-order chi connectivity index (χ1) is 15.1. The van der Waals surface area contributed by atoms with Crippen LogP contribution in [-0.4, -0.2) is 53.4 Å². The number of nitrogens with one attached hydrogen (secondary N) is 3. The molecule has 1 aromatic carbocycles. The minimum atomic E-state index is -0.0339. The van der Waals surface area contributed by atoms with Gasteiger partial charge in [-0.05, 0) is 26.3 Å². The highest BCUT2D eigenvalue weighted by Crippen LogP contribution is 2.34. The Morgan fingerprint density at radius 3 is 2.81 bits per heavy atom. The Morgan fingerprint density at radius 2 is 2.13 bits per heavy atom. The van der Waals surface area contributed by atoms with Crippen molar-refractivity contribution < 1.29 is 9.47 Å². The van der Waals surface area contributed by atoms with E-state index in [0.717, 1.165) is 43.0 Å². The maximum absolute atomic E-state index is 8.84. The van der Waals surface area contributed by atoms with E-state index in [0.29, 0.717) is 17.6 Å². The van der Waals surface area contributed by atoms with E-state index in [1.165, 1.54) is 6.20 Å². The standard InChI is InChI=1S/C22H29N7O2/c1-14(2)29-7-6-17(13-29)31-16-4-5-18(20(8-16)30-3)19-9-21(28-27-19)26-22-12-24-15(10-23)11-25-22/h4-5,8,11-12,14,17,19,21,27-28H,6-7,9,13H2,1-3H3,(H,25,26)/t17-,19?,21?/m0/s1. The fourth-order valence-corrected chi connectivity index (χ4v) is 4.06. The second-order valence-corrected chi connectivity index (χ2v) is 8.19. The fraction of sp³-hybridized carbons (Fsp3) is 0.500. The molecule has 0 amide bonds. The molecule has 2 aliphatic heterocycles. The van der Waals surface area contributed by atoms with Crippen LogP contribution in [0.25, 0.3) is 0 Å². The number of nitriles is 1. The molecular formula is C22H29N7O2. The second kappa shape index (κ2) is 9.47. The number of hydrogen-bond donors (Lipinski definition) is 3. The molecule has 0 bridgehead atoms. The maximum Gasteiger partial charge on any atom is 0.158 e. The number of rotatable bonds is 7. The van der Waals surface area contributed by atoms with Gasteiger partial charge in [0.05, 0.1) is 31.7 Å². The Balaban J connectivity index is 1.37. The van der Waals surface area contributed by atoms with Gasteiger partial charge in [0.25, 0.3) is 0 Å². The summed E-state index contributed by atoms with van der Waals surface area (Å²) < 4.78 is 11.9. The van der Waals surface area contributed by atoms with Gasteiger partial charge >= 0.3 is 0 Å². The van der Waals surface area contributed by atoms with Gasteiger partial charge in [0, 0.05) is 37.2 Å². The van der Waals surface area contributed by atoms with Crippen molar-refractivity contribution in [2.24, 2.45) is 0 Å². The van der Waals surface area contributed by atoms with E-state index in [-0.39, 0.29) is 18.3 Å². The second-order valence-electron chi connectivity index (χ2n) is 8.19. The number of hydrogen-bond acceptors (Lipinski definition) is 9. The number of ether oxygens (including phenoxy) is 2. The average Bonchev–Trinajstić information content (AvgIpc) is 3.44. The molecule has 2 saturated heterocycles. The van der Waals surface area contributed by atoms with Crippen LogP contribution in [0.15, 0.2) is 30.6 Å². The van der Waals surface area contributed by atoms with Gasteiger partial charge in [0.15, 0.2) is 5.69 Å². The van der Waals surface area contributed by atoms with Crippen LogP contribution in [0.3, 0.4) is 0 Å². The van der Waals surface area contributed by atoms with Crippen LogP contribution in [0.2, 0.25) is 0 Å². The molecule has 2 fully saturated rings. The van der Waals surface area contributed by atoms with E-state index in [9.17, 15) is 0 Å². The molecule has 31 heavy (non-hydrogen) atoms. The highest BCUT2D eigenvalue weighted by atomic mass is 16.5. The van der Waals surface area contributed by atoms with Crippen molar-refractivity contribution in [2.45, 2.75) is 51.0 Å². The first-order valence-electron chi connectivity index (χ1n) is 10.6. The molecular weight excluding hydrogens is 394 g/mol. The summed E-state index contributed by atoms with van der Waals surface area (Å²) >= 11 is 0. The first kappa shape index (κ1) is 21.3. The topological polar surface area (TPSA) is 107 Å². The van der Waals surface area contributed by atoms with Crippen LogP contribution in [-0.2, 0) is 0 Å². The lowest BCUT2D eigenvalue weighted by Gasteiger charge is -2.21. The van der Waals surface area contributed by atoms with Gasteiger partial charge in [-0.2, -0.15) is 5.26 Å². The quantitative estimate of drug-likeness (QED) is 0.618. The number of aromatic nitrogens is 2. The van der Waals surface area contributed by atoms with Crippen molar-refractivity contribution in [1.82, 2.24) is 25.7 Å². The predicted molar refractivity (Wildman–Crippen MR) is 117 cm³/mol. The third-order valence-corrected chi connectivity index (χ3v) is 5.78. The summed E-state index contributed by atoms with van der Waals surface area (Å²) in [6.07, 6.45) is 5.02. The third-order valence-electron chi connectivity index (χ3n) is 5.78. The van der Waals surface area contributed by atoms with Gasteiger partial charge in [-0.1, -0.05) is 6.07 Å². The van der Waals surface area contributed by atoms with Crippen LogP contribution in [0, 0.1) is 11.3 Å². The first-order valence-corrected chi connectivity index (χ1v) is 10.6. The van der Waals surface area contributed by atoms with Gasteiger partial charge in [0.1, 0.15) is 29.5 Å². The van der Waals surface area contributed by atoms with E-state index < -0.39 is 0 Å². The summed E-state index contributed by atoms with van der Waals surface area (Å²) in [5, 5.41) is 12.1.